The molecule has 0 unspecified atom stereocenters. The van der Waals surface area contributed by atoms with Gasteiger partial charge in [0, 0.05) is 12.2 Å². The van der Waals surface area contributed by atoms with Gasteiger partial charge in [0.1, 0.15) is 0 Å². The van der Waals surface area contributed by atoms with Gasteiger partial charge in [-0.2, -0.15) is 0 Å². The minimum Gasteiger partial charge on any atom is -0.392 e. The number of benzene rings is 1. The van der Waals surface area contributed by atoms with Crippen LogP contribution in [0.3, 0.4) is 0 Å². The Hall–Kier alpha value is -1.42. The summed E-state index contributed by atoms with van der Waals surface area (Å²) in [5.41, 5.74) is 7.65. The van der Waals surface area contributed by atoms with Gasteiger partial charge in [0.15, 0.2) is 0 Å². The normalized spacial score (nSPS) is 20.5. The minimum atomic E-state index is -0.606. The maximum Gasteiger partial charge on any atom is 0.240 e. The van der Waals surface area contributed by atoms with Crippen LogP contribution in [-0.4, -0.2) is 17.4 Å². The molecular weight excluding hydrogens is 268 g/mol. The molecule has 0 aromatic heterocycles. The number of carbonyl (C=O) groups excluding carboxylic acids is 1. The Kier molecular flexibility index (Phi) is 3.50. The molecule has 20 heavy (non-hydrogen) atoms. The van der Waals surface area contributed by atoms with Crippen LogP contribution < -0.4 is 10.6 Å². The van der Waals surface area contributed by atoms with Crippen LogP contribution in [0, 0.1) is 5.41 Å². The topological polar surface area (TPSA) is 46.3 Å². The molecule has 3 rings (SSSR count). The second kappa shape index (κ2) is 5.17. The first-order valence-corrected chi connectivity index (χ1v) is 7.76. The predicted octanol–water partition coefficient (Wildman–Crippen LogP) is 2.81. The third-order valence-corrected chi connectivity index (χ3v) is 5.11. The SMILES string of the molecule is NC(=S)C1(C(=O)N2CCc3ccccc32)CCCCC1. The highest BCUT2D eigenvalue weighted by atomic mass is 32.1. The number of hydrogen-bond donors (Lipinski definition) is 1. The summed E-state index contributed by atoms with van der Waals surface area (Å²) in [5, 5.41) is 0. The number of nitrogens with two attached hydrogens (primary N) is 1. The van der Waals surface area contributed by atoms with E-state index in [2.05, 4.69) is 6.07 Å². The van der Waals surface area contributed by atoms with Crippen LogP contribution in [0.2, 0.25) is 0 Å². The van der Waals surface area contributed by atoms with E-state index in [4.69, 9.17) is 18.0 Å². The van der Waals surface area contributed by atoms with Crippen molar-refractivity contribution in [3.63, 3.8) is 0 Å². The van der Waals surface area contributed by atoms with Gasteiger partial charge < -0.3 is 10.6 Å². The monoisotopic (exact) mass is 288 g/mol. The van der Waals surface area contributed by atoms with Crippen LogP contribution in [0.5, 0.6) is 0 Å². The van der Waals surface area contributed by atoms with Gasteiger partial charge in [-0.3, -0.25) is 4.79 Å². The second-order valence-electron chi connectivity index (χ2n) is 5.84. The molecule has 106 valence electrons. The summed E-state index contributed by atoms with van der Waals surface area (Å²) >= 11 is 5.27. The standard InChI is InChI=1S/C16H20N2OS/c17-14(20)16(9-4-1-5-10-16)15(19)18-11-8-12-6-2-3-7-13(12)18/h2-3,6-7H,1,4-5,8-11H2,(H2,17,20). The zero-order valence-electron chi connectivity index (χ0n) is 11.6. The van der Waals surface area contributed by atoms with E-state index in [1.54, 1.807) is 0 Å². The maximum absolute atomic E-state index is 13.1. The Morgan fingerprint density at radius 2 is 1.90 bits per heavy atom. The number of fused-ring (bicyclic) bond motifs is 1. The van der Waals surface area contributed by atoms with Crippen molar-refractivity contribution >= 4 is 28.8 Å². The van der Waals surface area contributed by atoms with E-state index in [9.17, 15) is 4.79 Å². The van der Waals surface area contributed by atoms with Gasteiger partial charge in [-0.05, 0) is 30.9 Å². The first-order chi connectivity index (χ1) is 9.65. The van der Waals surface area contributed by atoms with Gasteiger partial charge in [-0.25, -0.2) is 0 Å². The smallest absolute Gasteiger partial charge is 0.240 e. The number of para-hydroxylation sites is 1. The molecule has 3 nitrogen and oxygen atoms in total. The fraction of sp³-hybridized carbons (Fsp3) is 0.500. The summed E-state index contributed by atoms with van der Waals surface area (Å²) in [6, 6.07) is 8.13. The molecule has 2 N–H and O–H groups in total. The fourth-order valence-electron chi connectivity index (χ4n) is 3.53. The molecule has 1 aliphatic carbocycles. The Morgan fingerprint density at radius 3 is 2.60 bits per heavy atom. The highest BCUT2D eigenvalue weighted by Gasteiger charge is 2.46. The lowest BCUT2D eigenvalue weighted by atomic mass is 9.73. The van der Waals surface area contributed by atoms with E-state index in [-0.39, 0.29) is 5.91 Å². The van der Waals surface area contributed by atoms with Gasteiger partial charge in [-0.15, -0.1) is 0 Å². The quantitative estimate of drug-likeness (QED) is 0.851. The molecule has 4 heteroatoms. The molecule has 1 aliphatic heterocycles. The summed E-state index contributed by atoms with van der Waals surface area (Å²) in [4.78, 5) is 15.4. The van der Waals surface area contributed by atoms with Crippen molar-refractivity contribution < 1.29 is 4.79 Å². The molecule has 1 heterocycles. The van der Waals surface area contributed by atoms with Crippen molar-refractivity contribution in [1.29, 1.82) is 0 Å². The van der Waals surface area contributed by atoms with Crippen LogP contribution in [0.25, 0.3) is 0 Å². The zero-order chi connectivity index (χ0) is 14.2. The van der Waals surface area contributed by atoms with Crippen LogP contribution in [-0.2, 0) is 11.2 Å². The lowest BCUT2D eigenvalue weighted by Gasteiger charge is -2.38. The molecule has 2 aliphatic rings. The minimum absolute atomic E-state index is 0.120. The highest BCUT2D eigenvalue weighted by Crippen LogP contribution is 2.41. The van der Waals surface area contributed by atoms with Crippen LogP contribution in [0.1, 0.15) is 37.7 Å². The number of rotatable bonds is 2. The van der Waals surface area contributed by atoms with Crippen molar-refractivity contribution in [2.45, 2.75) is 38.5 Å². The molecular formula is C16H20N2OS. The van der Waals surface area contributed by atoms with E-state index in [1.165, 1.54) is 12.0 Å². The number of thiocarbonyl (C=S) groups is 1. The number of amides is 1. The lowest BCUT2D eigenvalue weighted by molar-refractivity contribution is -0.126. The fourth-order valence-corrected chi connectivity index (χ4v) is 3.82. The molecule has 1 aromatic carbocycles. The maximum atomic E-state index is 13.1. The number of carbonyl (C=O) groups is 1. The Labute approximate surface area is 125 Å². The summed E-state index contributed by atoms with van der Waals surface area (Å²) in [6.45, 7) is 0.753. The largest absolute Gasteiger partial charge is 0.392 e. The molecule has 1 fully saturated rings. The van der Waals surface area contributed by atoms with Gasteiger partial charge in [0.25, 0.3) is 0 Å². The second-order valence-corrected chi connectivity index (χ2v) is 6.28. The molecule has 0 spiro atoms. The third-order valence-electron chi connectivity index (χ3n) is 4.72. The molecule has 1 saturated carbocycles. The van der Waals surface area contributed by atoms with E-state index < -0.39 is 5.41 Å². The van der Waals surface area contributed by atoms with E-state index in [0.717, 1.165) is 44.3 Å². The predicted molar refractivity (Wildman–Crippen MR) is 84.8 cm³/mol. The molecule has 0 atom stereocenters. The first-order valence-electron chi connectivity index (χ1n) is 7.35. The van der Waals surface area contributed by atoms with E-state index >= 15 is 0 Å². The molecule has 0 radical (unpaired) electrons. The first kappa shape index (κ1) is 13.6. The Bertz CT molecular complexity index is 549. The van der Waals surface area contributed by atoms with Gasteiger partial charge in [-0.1, -0.05) is 49.7 Å². The van der Waals surface area contributed by atoms with Gasteiger partial charge in [0.2, 0.25) is 5.91 Å². The molecule has 0 bridgehead atoms. The number of nitrogens with zero attached hydrogens (tertiary/aromatic N) is 1. The lowest BCUT2D eigenvalue weighted by Crippen LogP contribution is -2.51. The van der Waals surface area contributed by atoms with Crippen molar-refractivity contribution in [2.75, 3.05) is 11.4 Å². The van der Waals surface area contributed by atoms with Crippen LogP contribution in [0.15, 0.2) is 24.3 Å². The number of anilines is 1. The van der Waals surface area contributed by atoms with Crippen molar-refractivity contribution in [3.8, 4) is 0 Å². The third kappa shape index (κ3) is 2.03. The Balaban J connectivity index is 1.94. The highest BCUT2D eigenvalue weighted by molar-refractivity contribution is 7.80. The van der Waals surface area contributed by atoms with Crippen molar-refractivity contribution in [1.82, 2.24) is 0 Å². The average Bonchev–Trinajstić information content (AvgIpc) is 2.91. The number of hydrogen-bond acceptors (Lipinski definition) is 2. The average molecular weight is 288 g/mol. The summed E-state index contributed by atoms with van der Waals surface area (Å²) in [7, 11) is 0. The summed E-state index contributed by atoms with van der Waals surface area (Å²) < 4.78 is 0. The van der Waals surface area contributed by atoms with Gasteiger partial charge in [0.05, 0.1) is 10.4 Å². The van der Waals surface area contributed by atoms with Gasteiger partial charge >= 0.3 is 0 Å². The van der Waals surface area contributed by atoms with E-state index in [1.807, 2.05) is 23.1 Å². The van der Waals surface area contributed by atoms with Crippen LogP contribution >= 0.6 is 12.2 Å². The van der Waals surface area contributed by atoms with Crippen molar-refractivity contribution in [2.24, 2.45) is 11.1 Å². The summed E-state index contributed by atoms with van der Waals surface area (Å²) in [6.07, 6.45) is 5.79. The zero-order valence-corrected chi connectivity index (χ0v) is 12.4. The van der Waals surface area contributed by atoms with E-state index in [0.29, 0.717) is 4.99 Å². The molecule has 1 aromatic rings. The van der Waals surface area contributed by atoms with Crippen molar-refractivity contribution in [3.05, 3.63) is 29.8 Å². The molecule has 0 saturated heterocycles. The van der Waals surface area contributed by atoms with Crippen LogP contribution in [0.4, 0.5) is 5.69 Å². The summed E-state index contributed by atoms with van der Waals surface area (Å²) in [5.74, 6) is 0.120. The molecule has 1 amide bonds. The Morgan fingerprint density at radius 1 is 1.20 bits per heavy atom.